The van der Waals surface area contributed by atoms with Crippen LogP contribution in [0.5, 0.6) is 0 Å². The molecule has 0 saturated carbocycles. The summed E-state index contributed by atoms with van der Waals surface area (Å²) in [5, 5.41) is 5.45. The molecule has 124 valence electrons. The molecular formula is C22H24SiZr2. The molecule has 0 spiro atoms. The zero-order chi connectivity index (χ0) is 16.7. The van der Waals surface area contributed by atoms with Crippen LogP contribution in [0.15, 0.2) is 72.8 Å². The molecule has 0 aromatic heterocycles. The molecule has 25 heavy (non-hydrogen) atoms. The van der Waals surface area contributed by atoms with E-state index in [1.165, 1.54) is 32.7 Å². The standard InChI is InChI=1S/2C10H9.C2H6Si.2Zr/c2*1-8-6-7-9-4-2-3-5-10(8)9;1-3-2;;/h2*2-7H,1H3;1-2H3;;/q2*-1;;;+2. The molecule has 0 heterocycles. The maximum absolute atomic E-state index is 2.16. The van der Waals surface area contributed by atoms with Crippen LogP contribution in [-0.2, 0) is 52.4 Å². The van der Waals surface area contributed by atoms with Crippen molar-refractivity contribution in [2.75, 3.05) is 0 Å². The molecule has 2 radical (unpaired) electrons. The minimum absolute atomic E-state index is 0. The Morgan fingerprint density at radius 1 is 0.640 bits per heavy atom. The second kappa shape index (κ2) is 12.9. The van der Waals surface area contributed by atoms with Crippen molar-refractivity contribution in [2.45, 2.75) is 26.9 Å². The van der Waals surface area contributed by atoms with Gasteiger partial charge in [0, 0.05) is 35.7 Å². The van der Waals surface area contributed by atoms with Crippen molar-refractivity contribution in [1.82, 2.24) is 0 Å². The third kappa shape index (κ3) is 7.05. The number of hydrogen-bond donors (Lipinski definition) is 0. The third-order valence-electron chi connectivity index (χ3n) is 3.80. The van der Waals surface area contributed by atoms with E-state index in [1.54, 1.807) is 0 Å². The summed E-state index contributed by atoms with van der Waals surface area (Å²) in [5.74, 6) is 0. The van der Waals surface area contributed by atoms with Crippen LogP contribution in [0.3, 0.4) is 0 Å². The fraction of sp³-hybridized carbons (Fsp3) is 0.182. The molecule has 4 rings (SSSR count). The maximum Gasteiger partial charge on any atom is 2.00 e. The first kappa shape index (κ1) is 24.6. The summed E-state index contributed by atoms with van der Waals surface area (Å²) in [6, 6.07) is 25.5. The molecule has 4 aromatic carbocycles. The fourth-order valence-corrected chi connectivity index (χ4v) is 2.61. The minimum atomic E-state index is 0. The SMILES string of the molecule is C[Si]C.C[c-]1ccc2ccccc21.C[c-]1ccc2ccccc21.[Zr+2].[Zr]. The van der Waals surface area contributed by atoms with Gasteiger partial charge in [-0.05, 0) is 0 Å². The molecule has 0 aliphatic carbocycles. The van der Waals surface area contributed by atoms with E-state index in [4.69, 9.17) is 0 Å². The van der Waals surface area contributed by atoms with Gasteiger partial charge in [-0.15, -0.1) is 69.1 Å². The van der Waals surface area contributed by atoms with Crippen molar-refractivity contribution in [2.24, 2.45) is 0 Å². The molecule has 0 atom stereocenters. The zero-order valence-corrected chi connectivity index (χ0v) is 21.3. The van der Waals surface area contributed by atoms with Crippen molar-refractivity contribution < 1.29 is 52.4 Å². The Morgan fingerprint density at radius 3 is 1.28 bits per heavy atom. The van der Waals surface area contributed by atoms with E-state index >= 15 is 0 Å². The average molecular weight is 499 g/mol. The van der Waals surface area contributed by atoms with Gasteiger partial charge in [0.05, 0.1) is 0 Å². The first-order chi connectivity index (χ1) is 11.2. The minimum Gasteiger partial charge on any atom is -0.168 e. The predicted molar refractivity (Wildman–Crippen MR) is 106 cm³/mol. The second-order valence-electron chi connectivity index (χ2n) is 5.71. The average Bonchev–Trinajstić information content (AvgIpc) is 3.14. The van der Waals surface area contributed by atoms with E-state index in [2.05, 4.69) is 99.7 Å². The Balaban J connectivity index is 0.000000374. The molecule has 0 saturated heterocycles. The van der Waals surface area contributed by atoms with Gasteiger partial charge in [-0.1, -0.05) is 39.1 Å². The Morgan fingerprint density at radius 2 is 0.960 bits per heavy atom. The Kier molecular flexibility index (Phi) is 12.7. The quantitative estimate of drug-likeness (QED) is 0.191. The molecule has 0 fully saturated rings. The number of fused-ring (bicyclic) bond motifs is 2. The summed E-state index contributed by atoms with van der Waals surface area (Å²) in [4.78, 5) is 0. The molecule has 0 N–H and O–H groups in total. The molecule has 0 bridgehead atoms. The van der Waals surface area contributed by atoms with E-state index < -0.39 is 0 Å². The normalized spacial score (nSPS) is 9.12. The third-order valence-corrected chi connectivity index (χ3v) is 3.80. The van der Waals surface area contributed by atoms with Crippen molar-refractivity contribution in [1.29, 1.82) is 0 Å². The summed E-state index contributed by atoms with van der Waals surface area (Å²) in [6.07, 6.45) is 0. The van der Waals surface area contributed by atoms with E-state index in [1.807, 2.05) is 0 Å². The van der Waals surface area contributed by atoms with Crippen LogP contribution in [0.1, 0.15) is 11.1 Å². The van der Waals surface area contributed by atoms with Crippen molar-refractivity contribution in [3.05, 3.63) is 83.9 Å². The van der Waals surface area contributed by atoms with Gasteiger partial charge in [-0.25, -0.2) is 0 Å². The first-order valence-electron chi connectivity index (χ1n) is 7.98. The number of hydrogen-bond acceptors (Lipinski definition) is 0. The van der Waals surface area contributed by atoms with Crippen molar-refractivity contribution in [3.63, 3.8) is 0 Å². The van der Waals surface area contributed by atoms with Crippen LogP contribution in [0.4, 0.5) is 0 Å². The number of rotatable bonds is 0. The van der Waals surface area contributed by atoms with Crippen LogP contribution in [0, 0.1) is 13.8 Å². The summed E-state index contributed by atoms with van der Waals surface area (Å²) in [7, 11) is 1.08. The van der Waals surface area contributed by atoms with Gasteiger partial charge in [0.25, 0.3) is 0 Å². The summed E-state index contributed by atoms with van der Waals surface area (Å²) < 4.78 is 0. The van der Waals surface area contributed by atoms with E-state index in [9.17, 15) is 0 Å². The molecule has 0 aliphatic rings. The van der Waals surface area contributed by atoms with Gasteiger partial charge in [0.2, 0.25) is 0 Å². The van der Waals surface area contributed by atoms with Crippen molar-refractivity contribution in [3.8, 4) is 0 Å². The summed E-state index contributed by atoms with van der Waals surface area (Å²) in [5.41, 5.74) is 2.74. The number of aryl methyl sites for hydroxylation is 2. The molecule has 0 aliphatic heterocycles. The zero-order valence-electron chi connectivity index (χ0n) is 15.4. The fourth-order valence-electron chi connectivity index (χ4n) is 2.61. The molecule has 3 heteroatoms. The van der Waals surface area contributed by atoms with Gasteiger partial charge in [-0.2, -0.15) is 24.3 Å². The van der Waals surface area contributed by atoms with Crippen LogP contribution in [0.25, 0.3) is 21.5 Å². The van der Waals surface area contributed by atoms with Gasteiger partial charge in [0.15, 0.2) is 0 Å². The van der Waals surface area contributed by atoms with E-state index in [0.717, 1.165) is 9.52 Å². The van der Waals surface area contributed by atoms with Crippen LogP contribution in [0.2, 0.25) is 13.1 Å². The van der Waals surface area contributed by atoms with Crippen LogP contribution >= 0.6 is 0 Å². The van der Waals surface area contributed by atoms with Gasteiger partial charge < -0.3 is 0 Å². The predicted octanol–water partition coefficient (Wildman–Crippen LogP) is 6.52. The molecule has 0 amide bonds. The monoisotopic (exact) mass is 496 g/mol. The van der Waals surface area contributed by atoms with Crippen LogP contribution in [-0.4, -0.2) is 9.52 Å². The van der Waals surface area contributed by atoms with E-state index in [-0.39, 0.29) is 52.4 Å². The second-order valence-corrected chi connectivity index (χ2v) is 6.71. The summed E-state index contributed by atoms with van der Waals surface area (Å²) >= 11 is 0. The molecular weight excluding hydrogens is 475 g/mol. The van der Waals surface area contributed by atoms with Crippen molar-refractivity contribution >= 4 is 31.1 Å². The summed E-state index contributed by atoms with van der Waals surface area (Å²) in [6.45, 7) is 8.59. The molecule has 0 unspecified atom stereocenters. The number of benzene rings is 2. The van der Waals surface area contributed by atoms with E-state index in [0.29, 0.717) is 0 Å². The van der Waals surface area contributed by atoms with Gasteiger partial charge in [-0.3, -0.25) is 0 Å². The Bertz CT molecular complexity index is 786. The smallest absolute Gasteiger partial charge is 0.168 e. The largest absolute Gasteiger partial charge is 2.00 e. The Hall–Kier alpha value is -0.357. The first-order valence-corrected chi connectivity index (χ1v) is 9.98. The van der Waals surface area contributed by atoms with Gasteiger partial charge >= 0.3 is 26.2 Å². The topological polar surface area (TPSA) is 0 Å². The maximum atomic E-state index is 2.16. The molecule has 4 aromatic rings. The van der Waals surface area contributed by atoms with Gasteiger partial charge in [0.1, 0.15) is 0 Å². The Labute approximate surface area is 192 Å². The van der Waals surface area contributed by atoms with Crippen LogP contribution < -0.4 is 0 Å². The molecule has 0 nitrogen and oxygen atoms in total.